The first kappa shape index (κ1) is 19.4. The van der Waals surface area contributed by atoms with Crippen molar-refractivity contribution in [3.8, 4) is 11.1 Å². The van der Waals surface area contributed by atoms with E-state index in [9.17, 15) is 23.9 Å². The van der Waals surface area contributed by atoms with Crippen molar-refractivity contribution in [3.63, 3.8) is 0 Å². The number of carboxylic acid groups (broad SMARTS) is 1. The minimum absolute atomic E-state index is 0.379. The number of esters is 1. The van der Waals surface area contributed by atoms with Crippen molar-refractivity contribution in [2.24, 2.45) is 0 Å². The van der Waals surface area contributed by atoms with Crippen LogP contribution in [0, 0.1) is 12.7 Å². The molecule has 138 valence electrons. The molecule has 0 aliphatic rings. The normalized spacial score (nSPS) is 11.3. The van der Waals surface area contributed by atoms with Gasteiger partial charge in [0, 0.05) is 6.20 Å². The summed E-state index contributed by atoms with van der Waals surface area (Å²) < 4.78 is 19.7. The van der Waals surface area contributed by atoms with Crippen LogP contribution in [-0.2, 0) is 16.1 Å². The number of carbonyl (C=O) groups excluding carboxylic acids is 1. The van der Waals surface area contributed by atoms with E-state index >= 15 is 0 Å². The van der Waals surface area contributed by atoms with E-state index in [-0.39, 0.29) is 0 Å². The van der Waals surface area contributed by atoms with Crippen molar-refractivity contribution in [2.45, 2.75) is 39.8 Å². The van der Waals surface area contributed by atoms with Gasteiger partial charge in [-0.05, 0) is 62.6 Å². The molecule has 26 heavy (non-hydrogen) atoms. The molecule has 0 saturated carbocycles. The number of benzene rings is 1. The van der Waals surface area contributed by atoms with E-state index in [1.807, 2.05) is 0 Å². The summed E-state index contributed by atoms with van der Waals surface area (Å²) in [5, 5.41) is 9.29. The van der Waals surface area contributed by atoms with Crippen LogP contribution in [0.15, 0.2) is 35.3 Å². The molecular weight excluding hydrogens is 341 g/mol. The maximum atomic E-state index is 13.5. The maximum Gasteiger partial charge on any atom is 0.341 e. The van der Waals surface area contributed by atoms with Crippen LogP contribution in [0.1, 0.15) is 36.7 Å². The number of carbonyl (C=O) groups is 2. The van der Waals surface area contributed by atoms with E-state index in [4.69, 9.17) is 4.74 Å². The summed E-state index contributed by atoms with van der Waals surface area (Å²) in [7, 11) is 0. The second-order valence-corrected chi connectivity index (χ2v) is 6.93. The van der Waals surface area contributed by atoms with Gasteiger partial charge in [0.15, 0.2) is 0 Å². The minimum atomic E-state index is -1.41. The number of pyridine rings is 1. The molecule has 6 nitrogen and oxygen atoms in total. The molecule has 1 aromatic carbocycles. The van der Waals surface area contributed by atoms with Gasteiger partial charge in [0.05, 0.1) is 0 Å². The molecule has 0 spiro atoms. The number of aryl methyl sites for hydroxylation is 1. The van der Waals surface area contributed by atoms with Gasteiger partial charge < -0.3 is 14.4 Å². The Balaban J connectivity index is 2.52. The molecule has 1 N–H and O–H groups in total. The van der Waals surface area contributed by atoms with Crippen molar-refractivity contribution in [2.75, 3.05) is 0 Å². The molecule has 0 aliphatic heterocycles. The van der Waals surface area contributed by atoms with Crippen LogP contribution in [-0.4, -0.2) is 27.2 Å². The number of hydrogen-bond donors (Lipinski definition) is 1. The lowest BCUT2D eigenvalue weighted by molar-refractivity contribution is -0.155. The third kappa shape index (κ3) is 4.56. The van der Waals surface area contributed by atoms with Gasteiger partial charge in [0.2, 0.25) is 0 Å². The standard InChI is InChI=1S/C19H20FNO5/c1-11-7-12(5-6-15(11)20)13-8-14(18(24)25)17(23)21(9-13)10-16(22)26-19(2,3)4/h5-9H,10H2,1-4H3,(H,24,25). The number of hydrogen-bond acceptors (Lipinski definition) is 4. The fraction of sp³-hybridized carbons (Fsp3) is 0.316. The summed E-state index contributed by atoms with van der Waals surface area (Å²) in [6, 6.07) is 5.49. The van der Waals surface area contributed by atoms with Crippen LogP contribution in [0.2, 0.25) is 0 Å². The monoisotopic (exact) mass is 361 g/mol. The Morgan fingerprint density at radius 1 is 1.19 bits per heavy atom. The van der Waals surface area contributed by atoms with Gasteiger partial charge in [0.25, 0.3) is 5.56 Å². The zero-order valence-corrected chi connectivity index (χ0v) is 15.0. The molecular formula is C19H20FNO5. The van der Waals surface area contributed by atoms with E-state index in [0.29, 0.717) is 16.7 Å². The summed E-state index contributed by atoms with van der Waals surface area (Å²) in [6.45, 7) is 6.22. The minimum Gasteiger partial charge on any atom is -0.477 e. The van der Waals surface area contributed by atoms with Gasteiger partial charge in [0.1, 0.15) is 23.5 Å². The first-order valence-corrected chi connectivity index (χ1v) is 7.94. The molecule has 0 amide bonds. The first-order chi connectivity index (χ1) is 12.0. The largest absolute Gasteiger partial charge is 0.477 e. The van der Waals surface area contributed by atoms with Gasteiger partial charge in [-0.25, -0.2) is 9.18 Å². The van der Waals surface area contributed by atoms with Crippen molar-refractivity contribution in [1.82, 2.24) is 4.57 Å². The number of halogens is 1. The fourth-order valence-electron chi connectivity index (χ4n) is 2.40. The summed E-state index contributed by atoms with van der Waals surface area (Å²) in [5.74, 6) is -2.47. The molecule has 0 atom stereocenters. The quantitative estimate of drug-likeness (QED) is 0.846. The second kappa shape index (κ2) is 7.11. The van der Waals surface area contributed by atoms with Crippen molar-refractivity contribution < 1.29 is 23.8 Å². The predicted molar refractivity (Wildman–Crippen MR) is 93.6 cm³/mol. The number of rotatable bonds is 4. The Morgan fingerprint density at radius 2 is 1.85 bits per heavy atom. The highest BCUT2D eigenvalue weighted by Crippen LogP contribution is 2.22. The zero-order valence-electron chi connectivity index (χ0n) is 15.0. The Bertz CT molecular complexity index is 925. The van der Waals surface area contributed by atoms with Crippen LogP contribution in [0.3, 0.4) is 0 Å². The lowest BCUT2D eigenvalue weighted by atomic mass is 10.0. The third-order valence-electron chi connectivity index (χ3n) is 3.53. The van der Waals surface area contributed by atoms with Crippen molar-refractivity contribution >= 4 is 11.9 Å². The molecule has 2 aromatic rings. The third-order valence-corrected chi connectivity index (χ3v) is 3.53. The first-order valence-electron chi connectivity index (χ1n) is 7.94. The molecule has 1 aromatic heterocycles. The van der Waals surface area contributed by atoms with Crippen LogP contribution < -0.4 is 5.56 Å². The second-order valence-electron chi connectivity index (χ2n) is 6.93. The Labute approximate surface area is 149 Å². The molecule has 7 heteroatoms. The van der Waals surface area contributed by atoms with Gasteiger partial charge >= 0.3 is 11.9 Å². The Hall–Kier alpha value is -2.96. The predicted octanol–water partition coefficient (Wildman–Crippen LogP) is 3.00. The van der Waals surface area contributed by atoms with E-state index in [1.165, 1.54) is 24.4 Å². The maximum absolute atomic E-state index is 13.5. The fourth-order valence-corrected chi connectivity index (χ4v) is 2.40. The van der Waals surface area contributed by atoms with Crippen molar-refractivity contribution in [1.29, 1.82) is 0 Å². The SMILES string of the molecule is Cc1cc(-c2cc(C(=O)O)c(=O)n(CC(=O)OC(C)(C)C)c2)ccc1F. The highest BCUT2D eigenvalue weighted by Gasteiger charge is 2.20. The number of carboxylic acids is 1. The average molecular weight is 361 g/mol. The summed E-state index contributed by atoms with van der Waals surface area (Å²) in [6.07, 6.45) is 1.37. The molecule has 0 bridgehead atoms. The van der Waals surface area contributed by atoms with Crippen LogP contribution in [0.4, 0.5) is 4.39 Å². The molecule has 0 radical (unpaired) electrons. The lowest BCUT2D eigenvalue weighted by Gasteiger charge is -2.20. The summed E-state index contributed by atoms with van der Waals surface area (Å²) in [5.41, 5.74) is -0.733. The highest BCUT2D eigenvalue weighted by molar-refractivity contribution is 5.89. The molecule has 1 heterocycles. The van der Waals surface area contributed by atoms with E-state index in [2.05, 4.69) is 0 Å². The van der Waals surface area contributed by atoms with Crippen LogP contribution in [0.5, 0.6) is 0 Å². The molecule has 0 saturated heterocycles. The number of aromatic carboxylic acids is 1. The van der Waals surface area contributed by atoms with E-state index in [1.54, 1.807) is 33.8 Å². The van der Waals surface area contributed by atoms with Crippen molar-refractivity contribution in [3.05, 3.63) is 57.8 Å². The van der Waals surface area contributed by atoms with Gasteiger partial charge in [-0.2, -0.15) is 0 Å². The van der Waals surface area contributed by atoms with Gasteiger partial charge in [-0.15, -0.1) is 0 Å². The smallest absolute Gasteiger partial charge is 0.341 e. The number of nitrogens with zero attached hydrogens (tertiary/aromatic N) is 1. The molecule has 0 unspecified atom stereocenters. The number of ether oxygens (including phenoxy) is 1. The van der Waals surface area contributed by atoms with E-state index < -0.39 is 41.0 Å². The van der Waals surface area contributed by atoms with Crippen LogP contribution in [0.25, 0.3) is 11.1 Å². The lowest BCUT2D eigenvalue weighted by Crippen LogP contribution is -2.32. The zero-order chi connectivity index (χ0) is 19.6. The topological polar surface area (TPSA) is 85.6 Å². The van der Waals surface area contributed by atoms with E-state index in [0.717, 1.165) is 4.57 Å². The molecule has 0 fully saturated rings. The highest BCUT2D eigenvalue weighted by atomic mass is 19.1. The van der Waals surface area contributed by atoms with Gasteiger partial charge in [-0.3, -0.25) is 9.59 Å². The Kier molecular flexibility index (Phi) is 5.30. The number of aromatic nitrogens is 1. The van der Waals surface area contributed by atoms with Gasteiger partial charge in [-0.1, -0.05) is 6.07 Å². The van der Waals surface area contributed by atoms with Crippen LogP contribution >= 0.6 is 0 Å². The Morgan fingerprint density at radius 3 is 2.38 bits per heavy atom. The molecule has 2 rings (SSSR count). The summed E-state index contributed by atoms with van der Waals surface area (Å²) in [4.78, 5) is 35.8. The average Bonchev–Trinajstić information content (AvgIpc) is 2.50. The molecule has 0 aliphatic carbocycles. The summed E-state index contributed by atoms with van der Waals surface area (Å²) >= 11 is 0.